The van der Waals surface area contributed by atoms with E-state index in [4.69, 9.17) is 28.3 Å². The number of pyridine rings is 1. The summed E-state index contributed by atoms with van der Waals surface area (Å²) in [7, 11) is 1.60. The number of anilines is 4. The number of aromatic hydroxyl groups is 1. The lowest BCUT2D eigenvalue weighted by atomic mass is 10.1. The summed E-state index contributed by atoms with van der Waals surface area (Å²) in [4.78, 5) is 31.4. The van der Waals surface area contributed by atoms with Gasteiger partial charge in [0.2, 0.25) is 0 Å². The summed E-state index contributed by atoms with van der Waals surface area (Å²) >= 11 is 12.5. The normalized spacial score (nSPS) is 13.2. The number of phenolic OH excluding ortho intramolecular Hbond substituents is 1. The lowest BCUT2D eigenvalue weighted by Crippen LogP contribution is -2.45. The van der Waals surface area contributed by atoms with Gasteiger partial charge in [0, 0.05) is 30.6 Å². The number of amides is 2. The summed E-state index contributed by atoms with van der Waals surface area (Å²) in [5.74, 6) is -0.761. The van der Waals surface area contributed by atoms with Crippen molar-refractivity contribution in [3.05, 3.63) is 69.8 Å². The van der Waals surface area contributed by atoms with Crippen LogP contribution in [0.1, 0.15) is 15.9 Å². The number of hydrogen-bond donors (Lipinski definition) is 3. The summed E-state index contributed by atoms with van der Waals surface area (Å²) in [5.41, 5.74) is 2.28. The second-order valence-electron chi connectivity index (χ2n) is 6.87. The first kappa shape index (κ1) is 20.8. The number of phenols is 1. The smallest absolute Gasteiger partial charge is 0.335 e. The molecule has 0 bridgehead atoms. The van der Waals surface area contributed by atoms with Gasteiger partial charge in [-0.05, 0) is 30.3 Å². The average Bonchev–Trinajstić information content (AvgIpc) is 2.75. The molecule has 0 spiro atoms. The van der Waals surface area contributed by atoms with Crippen molar-refractivity contribution in [3.63, 3.8) is 0 Å². The number of halogens is 2. The van der Waals surface area contributed by atoms with Crippen molar-refractivity contribution in [1.82, 2.24) is 4.98 Å². The fraction of sp³-hybridized carbons (Fsp3) is 0.0952. The molecule has 2 aromatic carbocycles. The molecule has 0 radical (unpaired) electrons. The van der Waals surface area contributed by atoms with Crippen molar-refractivity contribution >= 4 is 58.1 Å². The van der Waals surface area contributed by atoms with E-state index in [1.165, 1.54) is 34.1 Å². The van der Waals surface area contributed by atoms with Gasteiger partial charge in [-0.15, -0.1) is 0 Å². The SMILES string of the molecule is CN1C(=O)N(c2c(Cl)ccc(O)c2Cl)Cc2cnc(Nc3cccc(C(=O)O)c3)cc21. The van der Waals surface area contributed by atoms with Gasteiger partial charge in [-0.3, -0.25) is 9.80 Å². The lowest BCUT2D eigenvalue weighted by Gasteiger charge is -2.35. The molecule has 8 nitrogen and oxygen atoms in total. The van der Waals surface area contributed by atoms with E-state index in [0.717, 1.165) is 5.56 Å². The van der Waals surface area contributed by atoms with Crippen LogP contribution >= 0.6 is 23.2 Å². The van der Waals surface area contributed by atoms with Gasteiger partial charge in [0.05, 0.1) is 28.5 Å². The molecule has 2 amide bonds. The standard InChI is InChI=1S/C21H16Cl2N4O4/c1-26-15-8-17(25-13-4-2-3-11(7-13)20(29)30)24-9-12(15)10-27(21(26)31)19-14(22)5-6-16(28)18(19)23/h2-9,28H,10H2,1H3,(H,24,25)(H,29,30). The van der Waals surface area contributed by atoms with Crippen LogP contribution in [0, 0.1) is 0 Å². The van der Waals surface area contributed by atoms with Crippen molar-refractivity contribution < 1.29 is 19.8 Å². The quantitative estimate of drug-likeness (QED) is 0.501. The number of carboxylic acids is 1. The number of aromatic carboxylic acids is 1. The van der Waals surface area contributed by atoms with Crippen LogP contribution in [-0.4, -0.2) is 34.2 Å². The third-order valence-corrected chi connectivity index (χ3v) is 5.55. The maximum Gasteiger partial charge on any atom is 0.335 e. The largest absolute Gasteiger partial charge is 0.506 e. The number of benzene rings is 2. The van der Waals surface area contributed by atoms with Crippen LogP contribution < -0.4 is 15.1 Å². The van der Waals surface area contributed by atoms with Crippen LogP contribution in [0.2, 0.25) is 10.0 Å². The van der Waals surface area contributed by atoms with E-state index in [9.17, 15) is 14.7 Å². The minimum atomic E-state index is -1.03. The Morgan fingerprint density at radius 1 is 1.19 bits per heavy atom. The van der Waals surface area contributed by atoms with Gasteiger partial charge < -0.3 is 15.5 Å². The Kier molecular flexibility index (Phi) is 5.34. The van der Waals surface area contributed by atoms with Crippen LogP contribution in [0.25, 0.3) is 0 Å². The van der Waals surface area contributed by atoms with Gasteiger partial charge in [-0.25, -0.2) is 14.6 Å². The molecule has 0 aliphatic carbocycles. The van der Waals surface area contributed by atoms with E-state index < -0.39 is 5.97 Å². The number of nitrogens with one attached hydrogen (secondary N) is 1. The maximum absolute atomic E-state index is 13.0. The van der Waals surface area contributed by atoms with E-state index in [1.807, 2.05) is 0 Å². The van der Waals surface area contributed by atoms with Crippen molar-refractivity contribution in [2.24, 2.45) is 0 Å². The number of urea groups is 1. The Bertz CT molecular complexity index is 1220. The monoisotopic (exact) mass is 458 g/mol. The number of carbonyl (C=O) groups is 2. The highest BCUT2D eigenvalue weighted by Crippen LogP contribution is 2.43. The first-order valence-corrected chi connectivity index (χ1v) is 9.83. The first-order chi connectivity index (χ1) is 14.8. The Balaban J connectivity index is 1.66. The minimum absolute atomic E-state index is 0.0118. The Morgan fingerprint density at radius 3 is 2.71 bits per heavy atom. The molecule has 0 fully saturated rings. The fourth-order valence-corrected chi connectivity index (χ4v) is 3.90. The van der Waals surface area contributed by atoms with Crippen LogP contribution in [0.4, 0.5) is 27.7 Å². The van der Waals surface area contributed by atoms with Crippen LogP contribution in [0.5, 0.6) is 5.75 Å². The Hall–Kier alpha value is -3.49. The zero-order valence-electron chi connectivity index (χ0n) is 16.1. The molecule has 10 heteroatoms. The highest BCUT2D eigenvalue weighted by Gasteiger charge is 2.32. The molecule has 0 saturated carbocycles. The van der Waals surface area contributed by atoms with E-state index in [2.05, 4.69) is 10.3 Å². The number of aromatic nitrogens is 1. The molecule has 3 aromatic rings. The molecule has 2 heterocycles. The molecule has 1 aliphatic heterocycles. The minimum Gasteiger partial charge on any atom is -0.506 e. The number of rotatable bonds is 4. The van der Waals surface area contributed by atoms with E-state index in [1.54, 1.807) is 31.4 Å². The number of fused-ring (bicyclic) bond motifs is 1. The van der Waals surface area contributed by atoms with E-state index >= 15 is 0 Å². The number of carboxylic acid groups (broad SMARTS) is 1. The molecule has 4 rings (SSSR count). The fourth-order valence-electron chi connectivity index (χ4n) is 3.33. The molecule has 1 aliphatic rings. The molecule has 3 N–H and O–H groups in total. The molecule has 0 unspecified atom stereocenters. The van der Waals surface area contributed by atoms with Gasteiger partial charge in [-0.1, -0.05) is 29.3 Å². The average molecular weight is 459 g/mol. The summed E-state index contributed by atoms with van der Waals surface area (Å²) < 4.78 is 0. The van der Waals surface area contributed by atoms with Crippen LogP contribution in [-0.2, 0) is 6.54 Å². The molecular weight excluding hydrogens is 443 g/mol. The van der Waals surface area contributed by atoms with Crippen LogP contribution in [0.3, 0.4) is 0 Å². The summed E-state index contributed by atoms with van der Waals surface area (Å²) in [6.45, 7) is 0.156. The van der Waals surface area contributed by atoms with E-state index in [-0.39, 0.29) is 39.6 Å². The third kappa shape index (κ3) is 3.83. The second-order valence-corrected chi connectivity index (χ2v) is 7.65. The molecule has 31 heavy (non-hydrogen) atoms. The number of nitrogens with zero attached hydrogens (tertiary/aromatic N) is 3. The Morgan fingerprint density at radius 2 is 1.97 bits per heavy atom. The van der Waals surface area contributed by atoms with Crippen molar-refractivity contribution in [2.45, 2.75) is 6.54 Å². The van der Waals surface area contributed by atoms with Gasteiger partial charge in [0.1, 0.15) is 16.6 Å². The van der Waals surface area contributed by atoms with Gasteiger partial charge >= 0.3 is 12.0 Å². The number of carbonyl (C=O) groups excluding carboxylic acids is 1. The molecule has 0 atom stereocenters. The molecule has 1 aromatic heterocycles. The van der Waals surface area contributed by atoms with Gasteiger partial charge in [0.25, 0.3) is 0 Å². The Labute approximate surface area is 187 Å². The molecular formula is C21H16Cl2N4O4. The second kappa shape index (κ2) is 7.98. The molecule has 158 valence electrons. The lowest BCUT2D eigenvalue weighted by molar-refractivity contribution is 0.0697. The van der Waals surface area contributed by atoms with Crippen molar-refractivity contribution in [1.29, 1.82) is 0 Å². The first-order valence-electron chi connectivity index (χ1n) is 9.07. The highest BCUT2D eigenvalue weighted by atomic mass is 35.5. The molecule has 0 saturated heterocycles. The highest BCUT2D eigenvalue weighted by molar-refractivity contribution is 6.41. The van der Waals surface area contributed by atoms with Crippen molar-refractivity contribution in [3.8, 4) is 5.75 Å². The summed E-state index contributed by atoms with van der Waals surface area (Å²) in [6, 6.07) is 10.5. The predicted octanol–water partition coefficient (Wildman–Crippen LogP) is 5.11. The zero-order chi connectivity index (χ0) is 22.3. The topological polar surface area (TPSA) is 106 Å². The zero-order valence-corrected chi connectivity index (χ0v) is 17.6. The summed E-state index contributed by atoms with van der Waals surface area (Å²) in [6.07, 6.45) is 1.61. The predicted molar refractivity (Wildman–Crippen MR) is 119 cm³/mol. The van der Waals surface area contributed by atoms with E-state index in [0.29, 0.717) is 17.2 Å². The number of hydrogen-bond acceptors (Lipinski definition) is 5. The van der Waals surface area contributed by atoms with Crippen LogP contribution in [0.15, 0.2) is 48.7 Å². The maximum atomic E-state index is 13.0. The summed E-state index contributed by atoms with van der Waals surface area (Å²) in [5, 5.41) is 22.4. The van der Waals surface area contributed by atoms with Crippen molar-refractivity contribution in [2.75, 3.05) is 22.2 Å². The third-order valence-electron chi connectivity index (χ3n) is 4.87. The van der Waals surface area contributed by atoms with Gasteiger partial charge in [-0.2, -0.15) is 0 Å². The van der Waals surface area contributed by atoms with Gasteiger partial charge in [0.15, 0.2) is 0 Å².